The van der Waals surface area contributed by atoms with Gasteiger partial charge in [-0.1, -0.05) is 187 Å². The first-order chi connectivity index (χ1) is 36.2. The molecular weight excluding hydrogens is 911 g/mol. The minimum absolute atomic E-state index is 0.232. The zero-order valence-corrected chi connectivity index (χ0v) is 44.1. The van der Waals surface area contributed by atoms with Gasteiger partial charge in [0.25, 0.3) is 0 Å². The Morgan fingerprint density at radius 1 is 0.360 bits per heavy atom. The maximum Gasteiger partial charge on any atom is 0.144 e. The number of rotatable bonds is 5. The molecule has 2 heterocycles. The third-order valence-corrected chi connectivity index (χ3v) is 17.8. The van der Waals surface area contributed by atoms with Crippen LogP contribution in [0.25, 0.3) is 99.5 Å². The lowest BCUT2D eigenvalue weighted by molar-refractivity contribution is 0.600. The standard InChI is InChI=1S/C72H57NO2/c1-40-35-41(2)67(42(3)36-40)73(47-32-34-50-56(38-47)72(8,9)65-61(50)63-52-23-15-18-26-59(52)75-69(63)64-48-21-13-16-24-54(48)71(6,7)66(64)65)46-31-33-49-55(37-46)70(4,5)57-39-53(45-29-27-44(28-30-45)43-19-11-10-12-20-43)68-62(60(49)57)51-22-14-17-25-58(51)74-68/h10-39H,1-9H3. The second-order valence-corrected chi connectivity index (χ2v) is 23.4. The van der Waals surface area contributed by atoms with Crippen LogP contribution in [-0.2, 0) is 16.2 Å². The molecule has 3 heteroatoms. The Morgan fingerprint density at radius 2 is 0.853 bits per heavy atom. The lowest BCUT2D eigenvalue weighted by Crippen LogP contribution is -2.24. The Morgan fingerprint density at radius 3 is 1.52 bits per heavy atom. The molecule has 0 aliphatic heterocycles. The molecule has 0 amide bonds. The van der Waals surface area contributed by atoms with Crippen LogP contribution in [0.15, 0.2) is 191 Å². The minimum atomic E-state index is -0.334. The van der Waals surface area contributed by atoms with Gasteiger partial charge in [0.1, 0.15) is 22.3 Å². The molecule has 10 aromatic carbocycles. The normalized spacial score (nSPS) is 15.1. The van der Waals surface area contributed by atoms with E-state index < -0.39 is 0 Å². The van der Waals surface area contributed by atoms with Crippen LogP contribution < -0.4 is 4.90 Å². The molecule has 0 spiro atoms. The summed E-state index contributed by atoms with van der Waals surface area (Å²) in [5, 5.41) is 4.72. The number of benzene rings is 10. The van der Waals surface area contributed by atoms with Crippen molar-refractivity contribution in [3.63, 3.8) is 0 Å². The first kappa shape index (κ1) is 44.1. The van der Waals surface area contributed by atoms with E-state index in [0.717, 1.165) is 50.2 Å². The Balaban J connectivity index is 0.934. The molecule has 0 atom stereocenters. The predicted octanol–water partition coefficient (Wildman–Crippen LogP) is 20.1. The number of hydrogen-bond acceptors (Lipinski definition) is 3. The first-order valence-electron chi connectivity index (χ1n) is 26.7. The van der Waals surface area contributed by atoms with Crippen molar-refractivity contribution in [2.75, 3.05) is 4.90 Å². The molecule has 0 saturated heterocycles. The Labute approximate surface area is 438 Å². The van der Waals surface area contributed by atoms with Crippen LogP contribution in [0.2, 0.25) is 0 Å². The zero-order valence-electron chi connectivity index (χ0n) is 44.1. The van der Waals surface area contributed by atoms with E-state index in [0.29, 0.717) is 0 Å². The number of anilines is 3. The molecule has 12 aromatic rings. The summed E-state index contributed by atoms with van der Waals surface area (Å²) in [4.78, 5) is 2.55. The van der Waals surface area contributed by atoms with Crippen molar-refractivity contribution >= 4 is 60.9 Å². The molecule has 3 aliphatic rings. The minimum Gasteiger partial charge on any atom is -0.455 e. The summed E-state index contributed by atoms with van der Waals surface area (Å²) in [5.41, 5.74) is 30.6. The summed E-state index contributed by atoms with van der Waals surface area (Å²) < 4.78 is 13.9. The maximum absolute atomic E-state index is 7.02. The van der Waals surface area contributed by atoms with Crippen molar-refractivity contribution in [2.24, 2.45) is 0 Å². The first-order valence-corrected chi connectivity index (χ1v) is 26.7. The van der Waals surface area contributed by atoms with E-state index in [1.54, 1.807) is 0 Å². The van der Waals surface area contributed by atoms with Crippen LogP contribution in [0.3, 0.4) is 0 Å². The van der Waals surface area contributed by atoms with Crippen LogP contribution in [0, 0.1) is 20.8 Å². The van der Waals surface area contributed by atoms with E-state index in [-0.39, 0.29) is 16.2 Å². The lowest BCUT2D eigenvalue weighted by atomic mass is 9.72. The van der Waals surface area contributed by atoms with Gasteiger partial charge in [0, 0.05) is 60.3 Å². The van der Waals surface area contributed by atoms with Gasteiger partial charge in [-0.25, -0.2) is 0 Å². The SMILES string of the molecule is Cc1cc(C)c(N(c2ccc3c(c2)C(C)(C)c2cc(-c4ccc(-c5ccccc5)cc4)c4oc5ccccc5c4c2-3)c2ccc3c(c2)C(C)(C)c2c4c(c5oc6ccccc6c5c2-3)-c2ccccc2C4(C)C)c(C)c1. The number of furan rings is 2. The van der Waals surface area contributed by atoms with E-state index >= 15 is 0 Å². The van der Waals surface area contributed by atoms with Crippen LogP contribution in [0.4, 0.5) is 17.1 Å². The van der Waals surface area contributed by atoms with Crippen LogP contribution >= 0.6 is 0 Å². The summed E-state index contributed by atoms with van der Waals surface area (Å²) in [6, 6.07) is 67.6. The average molecular weight is 968 g/mol. The summed E-state index contributed by atoms with van der Waals surface area (Å²) in [5.74, 6) is 0. The van der Waals surface area contributed by atoms with Crippen molar-refractivity contribution < 1.29 is 8.83 Å². The van der Waals surface area contributed by atoms with Gasteiger partial charge in [0.15, 0.2) is 0 Å². The van der Waals surface area contributed by atoms with Crippen molar-refractivity contribution in [1.29, 1.82) is 0 Å². The number of hydrogen-bond donors (Lipinski definition) is 0. The van der Waals surface area contributed by atoms with Gasteiger partial charge in [-0.2, -0.15) is 0 Å². The van der Waals surface area contributed by atoms with Gasteiger partial charge < -0.3 is 13.7 Å². The second-order valence-electron chi connectivity index (χ2n) is 23.4. The third kappa shape index (κ3) is 5.87. The monoisotopic (exact) mass is 967 g/mol. The molecule has 2 aromatic heterocycles. The van der Waals surface area contributed by atoms with E-state index in [4.69, 9.17) is 8.83 Å². The molecule has 0 bridgehead atoms. The smallest absolute Gasteiger partial charge is 0.144 e. The largest absolute Gasteiger partial charge is 0.455 e. The van der Waals surface area contributed by atoms with Gasteiger partial charge in [0.05, 0.1) is 5.69 Å². The molecule has 3 aliphatic carbocycles. The van der Waals surface area contributed by atoms with Crippen molar-refractivity contribution in [2.45, 2.75) is 78.6 Å². The number of aryl methyl sites for hydroxylation is 3. The highest BCUT2D eigenvalue weighted by Crippen LogP contribution is 2.64. The van der Waals surface area contributed by atoms with E-state index in [2.05, 4.69) is 249 Å². The van der Waals surface area contributed by atoms with Gasteiger partial charge in [0.2, 0.25) is 0 Å². The third-order valence-electron chi connectivity index (χ3n) is 17.8. The maximum atomic E-state index is 7.02. The van der Waals surface area contributed by atoms with Gasteiger partial charge in [-0.15, -0.1) is 0 Å². The zero-order chi connectivity index (χ0) is 51.0. The lowest BCUT2D eigenvalue weighted by Gasteiger charge is -2.33. The molecule has 0 radical (unpaired) electrons. The Bertz CT molecular complexity index is 4440. The fourth-order valence-corrected chi connectivity index (χ4v) is 14.5. The molecule has 0 saturated carbocycles. The fourth-order valence-electron chi connectivity index (χ4n) is 14.5. The van der Waals surface area contributed by atoms with Crippen molar-refractivity contribution in [1.82, 2.24) is 0 Å². The molecule has 0 fully saturated rings. The molecule has 75 heavy (non-hydrogen) atoms. The Kier molecular flexibility index (Phi) is 8.89. The molecule has 0 N–H and O–H groups in total. The highest BCUT2D eigenvalue weighted by atomic mass is 16.3. The quantitative estimate of drug-likeness (QED) is 0.172. The second kappa shape index (κ2) is 15.1. The molecule has 3 nitrogen and oxygen atoms in total. The van der Waals surface area contributed by atoms with E-state index in [1.165, 1.54) is 116 Å². The average Bonchev–Trinajstić information content (AvgIpc) is 4.37. The summed E-state index contributed by atoms with van der Waals surface area (Å²) in [6.07, 6.45) is 0. The molecular formula is C72H57NO2. The molecule has 15 rings (SSSR count). The highest BCUT2D eigenvalue weighted by molar-refractivity contribution is 6.21. The molecule has 0 unspecified atom stereocenters. The number of nitrogens with zero attached hydrogens (tertiary/aromatic N) is 1. The van der Waals surface area contributed by atoms with Gasteiger partial charge in [-0.3, -0.25) is 0 Å². The van der Waals surface area contributed by atoms with Crippen LogP contribution in [-0.4, -0.2) is 0 Å². The summed E-state index contributed by atoms with van der Waals surface area (Å²) in [7, 11) is 0. The van der Waals surface area contributed by atoms with Crippen molar-refractivity contribution in [3.8, 4) is 55.6 Å². The summed E-state index contributed by atoms with van der Waals surface area (Å²) in [6.45, 7) is 21.4. The topological polar surface area (TPSA) is 29.5 Å². The number of fused-ring (bicyclic) bond motifs is 19. The van der Waals surface area contributed by atoms with Gasteiger partial charge >= 0.3 is 0 Å². The van der Waals surface area contributed by atoms with Crippen molar-refractivity contribution in [3.05, 3.63) is 232 Å². The number of para-hydroxylation sites is 2. The Hall–Kier alpha value is -8.40. The van der Waals surface area contributed by atoms with E-state index in [1.807, 2.05) is 0 Å². The van der Waals surface area contributed by atoms with E-state index in [9.17, 15) is 0 Å². The highest BCUT2D eigenvalue weighted by Gasteiger charge is 2.49. The van der Waals surface area contributed by atoms with Gasteiger partial charge in [-0.05, 0) is 152 Å². The predicted molar refractivity (Wildman–Crippen MR) is 313 cm³/mol. The van der Waals surface area contributed by atoms with Crippen LogP contribution in [0.1, 0.15) is 91.6 Å². The van der Waals surface area contributed by atoms with Crippen LogP contribution in [0.5, 0.6) is 0 Å². The molecule has 362 valence electrons. The fraction of sp³-hybridized carbons (Fsp3) is 0.167. The summed E-state index contributed by atoms with van der Waals surface area (Å²) >= 11 is 0.